The predicted molar refractivity (Wildman–Crippen MR) is 121 cm³/mol. The Morgan fingerprint density at radius 1 is 0.719 bits per heavy atom. The molecule has 2 heterocycles. The van der Waals surface area contributed by atoms with Crippen molar-refractivity contribution in [2.75, 3.05) is 5.32 Å². The van der Waals surface area contributed by atoms with Gasteiger partial charge in [-0.25, -0.2) is 4.98 Å². The first kappa shape index (κ1) is 19.3. The maximum atomic E-state index is 10.3. The minimum absolute atomic E-state index is 0.0437. The number of nitrogens with one attached hydrogen (secondary N) is 1. The fraction of sp³-hybridized carbons (Fsp3) is 0. The van der Waals surface area contributed by atoms with E-state index in [4.69, 9.17) is 4.42 Å². The molecule has 0 aliphatic carbocycles. The average molecular weight is 423 g/mol. The SMILES string of the molecule is Oc1ccccc1/C=C/c1nc(Nc2nc3ccccc3o2)nc(-c2ccccc2O)n1. The molecule has 0 saturated carbocycles. The molecule has 8 heteroatoms. The smallest absolute Gasteiger partial charge is 0.302 e. The van der Waals surface area contributed by atoms with Gasteiger partial charge in [0, 0.05) is 5.56 Å². The third-order valence-corrected chi connectivity index (χ3v) is 4.66. The van der Waals surface area contributed by atoms with Gasteiger partial charge >= 0.3 is 6.01 Å². The van der Waals surface area contributed by atoms with Gasteiger partial charge in [-0.15, -0.1) is 0 Å². The number of phenols is 2. The summed E-state index contributed by atoms with van der Waals surface area (Å²) >= 11 is 0. The zero-order valence-corrected chi connectivity index (χ0v) is 16.7. The standard InChI is InChI=1S/C24H17N5O3/c30-18-10-4-1-7-15(18)13-14-21-26-22(16-8-2-5-11-19(16)31)28-23(27-21)29-24-25-17-9-3-6-12-20(17)32-24/h1-14,30-31H,(H,25,26,27,28,29)/b14-13+. The van der Waals surface area contributed by atoms with E-state index in [1.165, 1.54) is 0 Å². The van der Waals surface area contributed by atoms with Gasteiger partial charge < -0.3 is 14.6 Å². The molecular weight excluding hydrogens is 406 g/mol. The maximum absolute atomic E-state index is 10.3. The van der Waals surface area contributed by atoms with Crippen molar-refractivity contribution in [1.82, 2.24) is 19.9 Å². The highest BCUT2D eigenvalue weighted by molar-refractivity contribution is 5.75. The van der Waals surface area contributed by atoms with E-state index < -0.39 is 0 Å². The van der Waals surface area contributed by atoms with Crippen molar-refractivity contribution in [3.05, 3.63) is 84.2 Å². The van der Waals surface area contributed by atoms with Crippen LogP contribution in [0.2, 0.25) is 0 Å². The van der Waals surface area contributed by atoms with E-state index in [0.717, 1.165) is 0 Å². The van der Waals surface area contributed by atoms with E-state index in [-0.39, 0.29) is 29.3 Å². The van der Waals surface area contributed by atoms with Crippen molar-refractivity contribution in [3.8, 4) is 22.9 Å². The number of para-hydroxylation sites is 4. The topological polar surface area (TPSA) is 117 Å². The molecule has 0 saturated heterocycles. The number of nitrogens with zero attached hydrogens (tertiary/aromatic N) is 4. The Morgan fingerprint density at radius 2 is 1.47 bits per heavy atom. The summed E-state index contributed by atoms with van der Waals surface area (Å²) in [5.41, 5.74) is 2.40. The van der Waals surface area contributed by atoms with Gasteiger partial charge in [-0.2, -0.15) is 15.0 Å². The second kappa shape index (κ2) is 8.19. The summed E-state index contributed by atoms with van der Waals surface area (Å²) < 4.78 is 5.70. The summed E-state index contributed by atoms with van der Waals surface area (Å²) in [5.74, 6) is 0.973. The quantitative estimate of drug-likeness (QED) is 0.361. The number of benzene rings is 3. The lowest BCUT2D eigenvalue weighted by Crippen LogP contribution is -2.03. The number of rotatable bonds is 5. The largest absolute Gasteiger partial charge is 0.507 e. The monoisotopic (exact) mass is 423 g/mol. The van der Waals surface area contributed by atoms with Crippen molar-refractivity contribution in [3.63, 3.8) is 0 Å². The molecule has 3 aromatic carbocycles. The van der Waals surface area contributed by atoms with Crippen LogP contribution < -0.4 is 5.32 Å². The first-order valence-electron chi connectivity index (χ1n) is 9.79. The first-order valence-corrected chi connectivity index (χ1v) is 9.79. The summed E-state index contributed by atoms with van der Waals surface area (Å²) in [5, 5.41) is 23.2. The van der Waals surface area contributed by atoms with Crippen LogP contribution in [0.1, 0.15) is 11.4 Å². The van der Waals surface area contributed by atoms with E-state index in [1.807, 2.05) is 30.3 Å². The van der Waals surface area contributed by atoms with Gasteiger partial charge in [0.25, 0.3) is 0 Å². The zero-order valence-electron chi connectivity index (χ0n) is 16.7. The van der Waals surface area contributed by atoms with E-state index >= 15 is 0 Å². The third kappa shape index (κ3) is 3.97. The molecule has 0 bridgehead atoms. The number of fused-ring (bicyclic) bond motifs is 1. The van der Waals surface area contributed by atoms with Crippen LogP contribution in [0.5, 0.6) is 11.5 Å². The Balaban J connectivity index is 1.56. The summed E-state index contributed by atoms with van der Waals surface area (Å²) in [6.07, 6.45) is 3.35. The van der Waals surface area contributed by atoms with E-state index in [1.54, 1.807) is 54.6 Å². The molecule has 2 aromatic heterocycles. The van der Waals surface area contributed by atoms with Gasteiger partial charge in [0.2, 0.25) is 5.95 Å². The van der Waals surface area contributed by atoms with Crippen molar-refractivity contribution < 1.29 is 14.6 Å². The fourth-order valence-corrected chi connectivity index (χ4v) is 3.12. The predicted octanol–water partition coefficient (Wildman–Crippen LogP) is 5.01. The number of phenolic OH excluding ortho intramolecular Hbond substituents is 2. The molecular formula is C24H17N5O3. The van der Waals surface area contributed by atoms with Crippen LogP contribution in [-0.2, 0) is 0 Å². The maximum Gasteiger partial charge on any atom is 0.302 e. The molecule has 0 spiro atoms. The lowest BCUT2D eigenvalue weighted by molar-refractivity contribution is 0.474. The Morgan fingerprint density at radius 3 is 2.28 bits per heavy atom. The van der Waals surface area contributed by atoms with Crippen LogP contribution in [0.3, 0.4) is 0 Å². The molecule has 3 N–H and O–H groups in total. The molecule has 0 fully saturated rings. The van der Waals surface area contributed by atoms with Crippen LogP contribution in [0, 0.1) is 0 Å². The molecule has 32 heavy (non-hydrogen) atoms. The summed E-state index contributed by atoms with van der Waals surface area (Å²) in [6.45, 7) is 0. The summed E-state index contributed by atoms with van der Waals surface area (Å²) in [6, 6.07) is 21.3. The van der Waals surface area contributed by atoms with Crippen LogP contribution in [0.25, 0.3) is 34.6 Å². The van der Waals surface area contributed by atoms with Crippen molar-refractivity contribution in [1.29, 1.82) is 0 Å². The molecule has 0 atom stereocenters. The number of hydrogen-bond donors (Lipinski definition) is 3. The molecule has 0 amide bonds. The normalized spacial score (nSPS) is 11.2. The number of oxazole rings is 1. The Hall–Kier alpha value is -4.72. The Labute approximate surface area is 182 Å². The molecule has 5 aromatic rings. The lowest BCUT2D eigenvalue weighted by Gasteiger charge is -2.07. The van der Waals surface area contributed by atoms with Gasteiger partial charge in [0.15, 0.2) is 17.2 Å². The highest BCUT2D eigenvalue weighted by Crippen LogP contribution is 2.28. The number of aromatic hydroxyl groups is 2. The van der Waals surface area contributed by atoms with E-state index in [0.29, 0.717) is 28.1 Å². The van der Waals surface area contributed by atoms with Gasteiger partial charge in [-0.1, -0.05) is 42.5 Å². The fourth-order valence-electron chi connectivity index (χ4n) is 3.12. The second-order valence-corrected chi connectivity index (χ2v) is 6.86. The lowest BCUT2D eigenvalue weighted by atomic mass is 10.2. The molecule has 8 nitrogen and oxygen atoms in total. The van der Waals surface area contributed by atoms with Gasteiger partial charge in [0.05, 0.1) is 5.56 Å². The molecule has 0 radical (unpaired) electrons. The van der Waals surface area contributed by atoms with Crippen LogP contribution in [0.4, 0.5) is 12.0 Å². The van der Waals surface area contributed by atoms with E-state index in [2.05, 4.69) is 25.3 Å². The number of hydrogen-bond acceptors (Lipinski definition) is 8. The van der Waals surface area contributed by atoms with Crippen molar-refractivity contribution in [2.24, 2.45) is 0 Å². The summed E-state index contributed by atoms with van der Waals surface area (Å²) in [7, 11) is 0. The van der Waals surface area contributed by atoms with Crippen LogP contribution >= 0.6 is 0 Å². The number of anilines is 2. The molecule has 0 aliphatic heterocycles. The first-order chi connectivity index (χ1) is 15.7. The Bertz CT molecular complexity index is 1410. The van der Waals surface area contributed by atoms with Crippen molar-refractivity contribution in [2.45, 2.75) is 0 Å². The summed E-state index contributed by atoms with van der Waals surface area (Å²) in [4.78, 5) is 17.7. The third-order valence-electron chi connectivity index (χ3n) is 4.66. The molecule has 5 rings (SSSR count). The second-order valence-electron chi connectivity index (χ2n) is 6.86. The average Bonchev–Trinajstić information content (AvgIpc) is 3.21. The highest BCUT2D eigenvalue weighted by atomic mass is 16.4. The van der Waals surface area contributed by atoms with Crippen LogP contribution in [-0.4, -0.2) is 30.1 Å². The minimum Gasteiger partial charge on any atom is -0.507 e. The molecule has 0 aliphatic rings. The zero-order chi connectivity index (χ0) is 21.9. The minimum atomic E-state index is 0.0437. The van der Waals surface area contributed by atoms with Gasteiger partial charge in [0.1, 0.15) is 17.0 Å². The molecule has 0 unspecified atom stereocenters. The van der Waals surface area contributed by atoms with Crippen LogP contribution in [0.15, 0.2) is 77.2 Å². The van der Waals surface area contributed by atoms with E-state index in [9.17, 15) is 10.2 Å². The molecule has 156 valence electrons. The highest BCUT2D eigenvalue weighted by Gasteiger charge is 2.13. The number of aromatic nitrogens is 4. The van der Waals surface area contributed by atoms with Gasteiger partial charge in [-0.05, 0) is 42.5 Å². The van der Waals surface area contributed by atoms with Crippen molar-refractivity contribution >= 4 is 35.2 Å². The van der Waals surface area contributed by atoms with Gasteiger partial charge in [-0.3, -0.25) is 5.32 Å². The Kier molecular flexibility index (Phi) is 4.93.